The monoisotopic (exact) mass is 522 g/mol. The number of aromatic nitrogens is 2. The van der Waals surface area contributed by atoms with Gasteiger partial charge in [0.05, 0.1) is 6.34 Å². The first-order valence-corrected chi connectivity index (χ1v) is 13.8. The maximum absolute atomic E-state index is 4.81. The maximum Gasteiger partial charge on any atom is 0.156 e. The van der Waals surface area contributed by atoms with Gasteiger partial charge in [0.25, 0.3) is 0 Å². The SMILES string of the molecule is C=C(C)/C(=C\C(=C)C(C)(C)C)Nc1nc(/C=C/CCCCC2=CC=NCC2C)nc(NC=NC)c1C.CC.[HH].[HH]. The summed E-state index contributed by atoms with van der Waals surface area (Å²) in [5.74, 6) is 2.65. The second kappa shape index (κ2) is 16.5. The fourth-order valence-electron chi connectivity index (χ4n) is 3.54. The molecule has 0 spiro atoms. The number of aliphatic imine (C=N–C) groups is 2. The number of hydrogen-bond donors (Lipinski definition) is 2. The van der Waals surface area contributed by atoms with Gasteiger partial charge in [0.15, 0.2) is 5.82 Å². The van der Waals surface area contributed by atoms with Crippen LogP contribution in [0.5, 0.6) is 0 Å². The summed E-state index contributed by atoms with van der Waals surface area (Å²) in [6, 6.07) is 0. The lowest BCUT2D eigenvalue weighted by Crippen LogP contribution is -2.12. The summed E-state index contributed by atoms with van der Waals surface area (Å²) in [4.78, 5) is 17.9. The van der Waals surface area contributed by atoms with Crippen molar-refractivity contribution in [3.05, 3.63) is 65.2 Å². The van der Waals surface area contributed by atoms with Crippen molar-refractivity contribution >= 4 is 30.3 Å². The number of rotatable bonds is 12. The number of unbranched alkanes of at least 4 members (excludes halogenated alkanes) is 2. The van der Waals surface area contributed by atoms with Gasteiger partial charge in [0.2, 0.25) is 0 Å². The van der Waals surface area contributed by atoms with Crippen LogP contribution in [-0.2, 0) is 0 Å². The molecular weight excluding hydrogens is 468 g/mol. The van der Waals surface area contributed by atoms with Gasteiger partial charge in [-0.2, -0.15) is 0 Å². The zero-order chi connectivity index (χ0) is 28.7. The van der Waals surface area contributed by atoms with Gasteiger partial charge in [-0.3, -0.25) is 9.98 Å². The van der Waals surface area contributed by atoms with Crippen LogP contribution in [0.15, 0.2) is 63.8 Å². The van der Waals surface area contributed by atoms with Crippen molar-refractivity contribution in [2.45, 2.75) is 81.1 Å². The summed E-state index contributed by atoms with van der Waals surface area (Å²) in [5.41, 5.74) is 5.18. The molecule has 0 fully saturated rings. The number of nitrogens with one attached hydrogen (secondary N) is 2. The highest BCUT2D eigenvalue weighted by molar-refractivity contribution is 5.78. The molecule has 1 aliphatic heterocycles. The van der Waals surface area contributed by atoms with Gasteiger partial charge in [-0.25, -0.2) is 9.97 Å². The molecule has 38 heavy (non-hydrogen) atoms. The second-order valence-corrected chi connectivity index (χ2v) is 10.5. The van der Waals surface area contributed by atoms with E-state index < -0.39 is 0 Å². The van der Waals surface area contributed by atoms with E-state index in [4.69, 9.17) is 9.97 Å². The topological polar surface area (TPSA) is 74.6 Å². The average molecular weight is 523 g/mol. The standard InChI is InChI=1S/C30H44N6.C2H6.2H2/c1-21(2)26(18-23(4)30(6,7)8)34-29-24(5)28(33-20-31-9)35-27(36-29)15-13-11-10-12-14-25-16-17-32-19-22(25)3;1-2;;/h13,15-18,20,22H,1,4,10-12,14,19H2,2-3,5-9H3,(H2,31,33,34,35,36);1-2H3;2*1H/b15-13+,26-18+;;;. The third-order valence-electron chi connectivity index (χ3n) is 6.25. The van der Waals surface area contributed by atoms with E-state index in [2.05, 4.69) is 79.7 Å². The van der Waals surface area contributed by atoms with Crippen molar-refractivity contribution in [1.29, 1.82) is 0 Å². The van der Waals surface area contributed by atoms with Crippen LogP contribution in [0.4, 0.5) is 11.6 Å². The maximum atomic E-state index is 4.81. The van der Waals surface area contributed by atoms with Crippen molar-refractivity contribution in [1.82, 2.24) is 9.97 Å². The number of nitrogens with zero attached hydrogens (tertiary/aromatic N) is 4. The highest BCUT2D eigenvalue weighted by atomic mass is 15.1. The Morgan fingerprint density at radius 2 is 1.87 bits per heavy atom. The highest BCUT2D eigenvalue weighted by Crippen LogP contribution is 2.28. The second-order valence-electron chi connectivity index (χ2n) is 10.5. The van der Waals surface area contributed by atoms with Crippen molar-refractivity contribution in [3.63, 3.8) is 0 Å². The predicted octanol–water partition coefficient (Wildman–Crippen LogP) is 9.07. The largest absolute Gasteiger partial charge is 0.340 e. The molecule has 6 heteroatoms. The Balaban J connectivity index is 0. The Hall–Kier alpha value is -3.28. The summed E-state index contributed by atoms with van der Waals surface area (Å²) in [5, 5.41) is 6.64. The van der Waals surface area contributed by atoms with Crippen LogP contribution < -0.4 is 10.6 Å². The van der Waals surface area contributed by atoms with Crippen LogP contribution in [0, 0.1) is 18.3 Å². The minimum absolute atomic E-state index is 0. The lowest BCUT2D eigenvalue weighted by atomic mass is 9.87. The smallest absolute Gasteiger partial charge is 0.156 e. The molecule has 1 aromatic rings. The molecule has 0 radical (unpaired) electrons. The number of anilines is 2. The van der Waals surface area contributed by atoms with Crippen LogP contribution in [0.1, 0.15) is 88.4 Å². The Bertz CT molecular complexity index is 1090. The molecule has 2 N–H and O–H groups in total. The Morgan fingerprint density at radius 3 is 2.47 bits per heavy atom. The minimum atomic E-state index is -0.0412. The van der Waals surface area contributed by atoms with E-state index in [9.17, 15) is 0 Å². The fourth-order valence-corrected chi connectivity index (χ4v) is 3.54. The third kappa shape index (κ3) is 11.0. The van der Waals surface area contributed by atoms with Crippen molar-refractivity contribution in [3.8, 4) is 0 Å². The van der Waals surface area contributed by atoms with Gasteiger partial charge in [-0.05, 0) is 80.2 Å². The normalized spacial score (nSPS) is 15.8. The van der Waals surface area contributed by atoms with E-state index in [1.807, 2.05) is 40.0 Å². The first kappa shape index (κ1) is 32.7. The molecule has 0 aliphatic carbocycles. The first-order valence-electron chi connectivity index (χ1n) is 13.8. The predicted molar refractivity (Wildman–Crippen MR) is 174 cm³/mol. The zero-order valence-electron chi connectivity index (χ0n) is 25.3. The van der Waals surface area contributed by atoms with Gasteiger partial charge < -0.3 is 10.6 Å². The number of allylic oxidation sites excluding steroid dienone is 5. The van der Waals surface area contributed by atoms with Gasteiger partial charge in [0.1, 0.15) is 11.6 Å². The Labute approximate surface area is 235 Å². The van der Waals surface area contributed by atoms with Crippen LogP contribution in [0.2, 0.25) is 0 Å². The molecule has 1 unspecified atom stereocenters. The van der Waals surface area contributed by atoms with E-state index in [1.54, 1.807) is 13.4 Å². The van der Waals surface area contributed by atoms with E-state index >= 15 is 0 Å². The number of dihydropyridines is 1. The molecule has 0 aromatic carbocycles. The van der Waals surface area contributed by atoms with Crippen LogP contribution in [0.25, 0.3) is 6.08 Å². The highest BCUT2D eigenvalue weighted by Gasteiger charge is 2.16. The average Bonchev–Trinajstić information content (AvgIpc) is 2.87. The van der Waals surface area contributed by atoms with Crippen molar-refractivity contribution in [2.75, 3.05) is 24.2 Å². The summed E-state index contributed by atoms with van der Waals surface area (Å²) >= 11 is 0. The van der Waals surface area contributed by atoms with Crippen LogP contribution in [0.3, 0.4) is 0 Å². The Morgan fingerprint density at radius 1 is 1.18 bits per heavy atom. The lowest BCUT2D eigenvalue weighted by molar-refractivity contribution is 0.518. The molecule has 0 bridgehead atoms. The summed E-state index contributed by atoms with van der Waals surface area (Å²) < 4.78 is 0. The molecule has 1 aliphatic rings. The zero-order valence-corrected chi connectivity index (χ0v) is 25.3. The number of hydrogen-bond acceptors (Lipinski definition) is 5. The molecule has 2 heterocycles. The molecule has 1 atom stereocenters. The molecular formula is C32H54N6. The fraction of sp³-hybridized carbons (Fsp3) is 0.500. The van der Waals surface area contributed by atoms with Crippen molar-refractivity contribution in [2.24, 2.45) is 21.3 Å². The first-order chi connectivity index (χ1) is 18.0. The van der Waals surface area contributed by atoms with Gasteiger partial charge >= 0.3 is 0 Å². The minimum Gasteiger partial charge on any atom is -0.340 e. The van der Waals surface area contributed by atoms with E-state index in [0.29, 0.717) is 17.6 Å². The third-order valence-corrected chi connectivity index (χ3v) is 6.25. The summed E-state index contributed by atoms with van der Waals surface area (Å²) in [6.07, 6.45) is 16.4. The molecule has 0 amide bonds. The molecule has 0 saturated carbocycles. The van der Waals surface area contributed by atoms with Gasteiger partial charge in [-0.15, -0.1) is 0 Å². The van der Waals surface area contributed by atoms with Crippen LogP contribution >= 0.6 is 0 Å². The summed E-state index contributed by atoms with van der Waals surface area (Å²) in [7, 11) is 1.72. The Kier molecular flexibility index (Phi) is 14.3. The van der Waals surface area contributed by atoms with Gasteiger partial charge in [0, 0.05) is 33.9 Å². The molecule has 1 aromatic heterocycles. The molecule has 2 rings (SSSR count). The van der Waals surface area contributed by atoms with E-state index in [-0.39, 0.29) is 8.27 Å². The molecule has 6 nitrogen and oxygen atoms in total. The van der Waals surface area contributed by atoms with Crippen LogP contribution in [-0.4, -0.2) is 36.1 Å². The summed E-state index contributed by atoms with van der Waals surface area (Å²) in [6.45, 7) is 26.0. The van der Waals surface area contributed by atoms with Gasteiger partial charge in [-0.1, -0.05) is 66.3 Å². The van der Waals surface area contributed by atoms with E-state index in [1.165, 1.54) is 12.0 Å². The lowest BCUT2D eigenvalue weighted by Gasteiger charge is -2.21. The molecule has 0 saturated heterocycles. The van der Waals surface area contributed by atoms with E-state index in [0.717, 1.165) is 54.0 Å². The molecule has 212 valence electrons. The van der Waals surface area contributed by atoms with Crippen molar-refractivity contribution < 1.29 is 2.85 Å². The quantitative estimate of drug-likeness (QED) is 0.124.